The number of aromatic nitrogens is 1. The minimum Gasteiger partial charge on any atom is -0.467 e. The molecular weight excluding hydrogens is 314 g/mol. The number of amides is 1. The van der Waals surface area contributed by atoms with Crippen LogP contribution in [0.4, 0.5) is 0 Å². The largest absolute Gasteiger partial charge is 0.467 e. The summed E-state index contributed by atoms with van der Waals surface area (Å²) in [6, 6.07) is 0.313. The van der Waals surface area contributed by atoms with Crippen LogP contribution < -0.4 is 15.4 Å². The van der Waals surface area contributed by atoms with Gasteiger partial charge in [0.2, 0.25) is 0 Å². The van der Waals surface area contributed by atoms with Gasteiger partial charge in [-0.05, 0) is 19.8 Å². The number of hydrogen-bond acceptors (Lipinski definition) is 6. The molecule has 0 radical (unpaired) electrons. The van der Waals surface area contributed by atoms with Gasteiger partial charge in [-0.15, -0.1) is 0 Å². The molecule has 1 heterocycles. The fourth-order valence-corrected chi connectivity index (χ4v) is 2.39. The minimum atomic E-state index is -0.606. The van der Waals surface area contributed by atoms with Crippen molar-refractivity contribution in [1.29, 1.82) is 0 Å². The first-order valence-corrected chi connectivity index (χ1v) is 8.74. The van der Waals surface area contributed by atoms with Gasteiger partial charge < -0.3 is 20.5 Å². The van der Waals surface area contributed by atoms with Crippen LogP contribution in [-0.4, -0.2) is 47.8 Å². The van der Waals surface area contributed by atoms with E-state index in [2.05, 4.69) is 21.7 Å². The Labute approximate surface area is 142 Å². The number of ether oxygens (including phenoxy) is 1. The molecule has 1 unspecified atom stereocenters. The van der Waals surface area contributed by atoms with E-state index in [1.165, 1.54) is 17.5 Å². The normalized spacial score (nSPS) is 12.7. The molecule has 1 aromatic heterocycles. The first-order valence-electron chi connectivity index (χ1n) is 7.92. The van der Waals surface area contributed by atoms with Crippen molar-refractivity contribution in [3.63, 3.8) is 0 Å². The van der Waals surface area contributed by atoms with E-state index in [1.807, 2.05) is 26.8 Å². The Kier molecular flexibility index (Phi) is 9.51. The van der Waals surface area contributed by atoms with E-state index >= 15 is 0 Å². The average Bonchev–Trinajstić information content (AvgIpc) is 2.99. The molecule has 0 aromatic carbocycles. The van der Waals surface area contributed by atoms with E-state index in [-0.39, 0.29) is 12.5 Å². The van der Waals surface area contributed by atoms with Crippen LogP contribution in [0.5, 0.6) is 5.19 Å². The molecule has 1 aromatic rings. The molecule has 0 fully saturated rings. The Balaban J connectivity index is 2.29. The zero-order valence-electron chi connectivity index (χ0n) is 14.0. The molecular formula is C16H27N3O3S. The molecule has 0 aliphatic heterocycles. The second kappa shape index (κ2) is 11.2. The summed E-state index contributed by atoms with van der Waals surface area (Å²) in [4.78, 5) is 16.5. The molecule has 0 saturated carbocycles. The fourth-order valence-electron chi connectivity index (χ4n) is 1.70. The highest BCUT2D eigenvalue weighted by atomic mass is 32.1. The van der Waals surface area contributed by atoms with Crippen LogP contribution in [0.2, 0.25) is 0 Å². The van der Waals surface area contributed by atoms with Gasteiger partial charge in [0.15, 0.2) is 0 Å². The number of aliphatic hydroxyl groups excluding tert-OH is 1. The van der Waals surface area contributed by atoms with Gasteiger partial charge >= 0.3 is 0 Å². The monoisotopic (exact) mass is 341 g/mol. The third-order valence-electron chi connectivity index (χ3n) is 2.94. The minimum absolute atomic E-state index is 0.139. The molecule has 130 valence electrons. The predicted octanol–water partition coefficient (Wildman–Crippen LogP) is 1.97. The molecule has 1 rings (SSSR count). The van der Waals surface area contributed by atoms with Crippen LogP contribution in [0.15, 0.2) is 18.3 Å². The van der Waals surface area contributed by atoms with Gasteiger partial charge in [0.1, 0.15) is 17.6 Å². The number of nitrogens with zero attached hydrogens (tertiary/aromatic N) is 1. The Bertz CT molecular complexity index is 489. The molecule has 6 nitrogen and oxygen atoms in total. The first-order chi connectivity index (χ1) is 11.0. The van der Waals surface area contributed by atoms with Crippen LogP contribution >= 0.6 is 11.3 Å². The van der Waals surface area contributed by atoms with Crippen molar-refractivity contribution in [2.45, 2.75) is 45.8 Å². The summed E-state index contributed by atoms with van der Waals surface area (Å²) in [5.41, 5.74) is 0. The van der Waals surface area contributed by atoms with Crippen LogP contribution in [0.25, 0.3) is 0 Å². The van der Waals surface area contributed by atoms with Crippen molar-refractivity contribution in [2.75, 3.05) is 19.7 Å². The lowest BCUT2D eigenvalue weighted by Gasteiger charge is -2.13. The zero-order valence-corrected chi connectivity index (χ0v) is 14.9. The topological polar surface area (TPSA) is 83.5 Å². The van der Waals surface area contributed by atoms with Crippen LogP contribution in [0.1, 0.15) is 43.3 Å². The number of thiazole rings is 1. The number of aliphatic hydroxyl groups is 1. The number of rotatable bonds is 11. The third kappa shape index (κ3) is 8.68. The molecule has 1 amide bonds. The van der Waals surface area contributed by atoms with Crippen molar-refractivity contribution in [1.82, 2.24) is 15.6 Å². The van der Waals surface area contributed by atoms with Gasteiger partial charge in [-0.3, -0.25) is 4.79 Å². The van der Waals surface area contributed by atoms with Crippen molar-refractivity contribution in [3.8, 4) is 5.19 Å². The summed E-state index contributed by atoms with van der Waals surface area (Å²) >= 11 is 1.18. The fraction of sp³-hybridized carbons (Fsp3) is 0.625. The summed E-state index contributed by atoms with van der Waals surface area (Å²) in [5, 5.41) is 16.1. The molecule has 7 heteroatoms. The van der Waals surface area contributed by atoms with Crippen LogP contribution in [0.3, 0.4) is 0 Å². The summed E-state index contributed by atoms with van der Waals surface area (Å²) in [6.45, 7) is 7.25. The number of nitrogens with one attached hydrogen (secondary N) is 2. The lowest BCUT2D eigenvalue weighted by Crippen LogP contribution is -2.35. The highest BCUT2D eigenvalue weighted by Crippen LogP contribution is 2.20. The number of hydrogen-bond donors (Lipinski definition) is 3. The molecule has 1 atom stereocenters. The van der Waals surface area contributed by atoms with Gasteiger partial charge in [0, 0.05) is 19.1 Å². The molecule has 0 saturated heterocycles. The predicted molar refractivity (Wildman–Crippen MR) is 93.1 cm³/mol. The summed E-state index contributed by atoms with van der Waals surface area (Å²) in [6.07, 6.45) is 6.83. The van der Waals surface area contributed by atoms with Gasteiger partial charge in [-0.2, -0.15) is 0 Å². The highest BCUT2D eigenvalue weighted by Gasteiger charge is 2.12. The number of carbonyl (C=O) groups is 1. The maximum absolute atomic E-state index is 11.9. The third-order valence-corrected chi connectivity index (χ3v) is 3.85. The van der Waals surface area contributed by atoms with Gasteiger partial charge in [0.25, 0.3) is 11.1 Å². The van der Waals surface area contributed by atoms with Crippen LogP contribution in [0, 0.1) is 0 Å². The zero-order chi connectivity index (χ0) is 17.1. The van der Waals surface area contributed by atoms with Crippen LogP contribution in [-0.2, 0) is 0 Å². The Morgan fingerprint density at radius 2 is 2.30 bits per heavy atom. The Hall–Kier alpha value is -1.44. The van der Waals surface area contributed by atoms with E-state index < -0.39 is 6.10 Å². The van der Waals surface area contributed by atoms with E-state index in [1.54, 1.807) is 0 Å². The highest BCUT2D eigenvalue weighted by molar-refractivity contribution is 7.15. The average molecular weight is 341 g/mol. The Morgan fingerprint density at radius 3 is 3.00 bits per heavy atom. The van der Waals surface area contributed by atoms with E-state index in [0.29, 0.717) is 29.2 Å². The second-order valence-electron chi connectivity index (χ2n) is 5.49. The molecule has 3 N–H and O–H groups in total. The summed E-state index contributed by atoms with van der Waals surface area (Å²) in [7, 11) is 0. The molecule has 0 aliphatic carbocycles. The van der Waals surface area contributed by atoms with Crippen molar-refractivity contribution >= 4 is 17.2 Å². The molecule has 0 bridgehead atoms. The van der Waals surface area contributed by atoms with E-state index in [0.717, 1.165) is 12.8 Å². The van der Waals surface area contributed by atoms with Gasteiger partial charge in [-0.25, -0.2) is 4.98 Å². The quantitative estimate of drug-likeness (QED) is 0.423. The van der Waals surface area contributed by atoms with Gasteiger partial charge in [-0.1, -0.05) is 37.3 Å². The van der Waals surface area contributed by atoms with Crippen molar-refractivity contribution < 1.29 is 14.6 Å². The lowest BCUT2D eigenvalue weighted by atomic mass is 10.3. The maximum atomic E-state index is 11.9. The van der Waals surface area contributed by atoms with E-state index in [4.69, 9.17) is 4.74 Å². The number of unbranched alkanes of at least 4 members (excludes halogenated alkanes) is 1. The lowest BCUT2D eigenvalue weighted by molar-refractivity contribution is 0.0957. The SMILES string of the molecule is C/C=C/CCCNC(=O)c1cnc(OCC(O)CNC(C)C)s1. The number of carbonyl (C=O) groups excluding carboxylic acids is 1. The maximum Gasteiger partial charge on any atom is 0.273 e. The van der Waals surface area contributed by atoms with Gasteiger partial charge in [0.05, 0.1) is 6.20 Å². The molecule has 0 spiro atoms. The molecule has 23 heavy (non-hydrogen) atoms. The standard InChI is InChI=1S/C16H27N3O3S/c1-4-5-6-7-8-17-15(21)14-10-19-16(23-14)22-11-13(20)9-18-12(2)3/h4-5,10,12-13,18,20H,6-9,11H2,1-3H3,(H,17,21)/b5-4+. The van der Waals surface area contributed by atoms with Crippen molar-refractivity contribution in [2.24, 2.45) is 0 Å². The smallest absolute Gasteiger partial charge is 0.273 e. The first kappa shape index (κ1) is 19.6. The molecule has 0 aliphatic rings. The summed E-state index contributed by atoms with van der Waals surface area (Å²) in [5.74, 6) is -0.139. The van der Waals surface area contributed by atoms with Crippen molar-refractivity contribution in [3.05, 3.63) is 23.2 Å². The second-order valence-corrected chi connectivity index (χ2v) is 6.48. The van der Waals surface area contributed by atoms with E-state index in [9.17, 15) is 9.90 Å². The number of allylic oxidation sites excluding steroid dienone is 2. The summed E-state index contributed by atoms with van der Waals surface area (Å²) < 4.78 is 5.42. The Morgan fingerprint density at radius 1 is 1.52 bits per heavy atom.